The van der Waals surface area contributed by atoms with Crippen LogP contribution < -0.4 is 0 Å². The molecule has 0 saturated carbocycles. The Labute approximate surface area is 164 Å². The standard InChI is InChI=1S/C21H26N6O/c1-14-5-3-7-17-19(14)23-20(22-17)15-6-4-8-26(12-15)21(28)18-11-16-13-25(2)9-10-27(16)24-18/h3,5,7,11,15H,4,6,8-10,12-13H2,1-2H3,(H,22,23). The van der Waals surface area contributed by atoms with Crippen LogP contribution in [-0.4, -0.2) is 62.1 Å². The van der Waals surface area contributed by atoms with E-state index in [4.69, 9.17) is 4.98 Å². The average Bonchev–Trinajstić information content (AvgIpc) is 3.32. The number of aromatic nitrogens is 4. The molecule has 0 aliphatic carbocycles. The highest BCUT2D eigenvalue weighted by Gasteiger charge is 2.29. The van der Waals surface area contributed by atoms with Gasteiger partial charge in [0.1, 0.15) is 5.82 Å². The van der Waals surface area contributed by atoms with Crippen LogP contribution in [0.3, 0.4) is 0 Å². The molecule has 0 radical (unpaired) electrons. The van der Waals surface area contributed by atoms with E-state index in [-0.39, 0.29) is 11.8 Å². The maximum absolute atomic E-state index is 13.1. The number of para-hydroxylation sites is 1. The van der Waals surface area contributed by atoms with Crippen LogP contribution in [0.5, 0.6) is 0 Å². The van der Waals surface area contributed by atoms with Crippen molar-refractivity contribution in [3.63, 3.8) is 0 Å². The molecule has 1 saturated heterocycles. The molecule has 1 atom stereocenters. The number of likely N-dealkylation sites (tertiary alicyclic amines) is 1. The number of fused-ring (bicyclic) bond motifs is 2. The lowest BCUT2D eigenvalue weighted by Crippen LogP contribution is -2.39. The van der Waals surface area contributed by atoms with Gasteiger partial charge in [0.15, 0.2) is 5.69 Å². The second kappa shape index (κ2) is 6.74. The van der Waals surface area contributed by atoms with Gasteiger partial charge < -0.3 is 9.88 Å². The van der Waals surface area contributed by atoms with E-state index in [1.54, 1.807) is 0 Å². The minimum atomic E-state index is 0.0431. The number of aromatic amines is 1. The van der Waals surface area contributed by atoms with Gasteiger partial charge in [-0.3, -0.25) is 14.4 Å². The first kappa shape index (κ1) is 17.4. The molecular formula is C21H26N6O. The van der Waals surface area contributed by atoms with Crippen molar-refractivity contribution in [1.29, 1.82) is 0 Å². The van der Waals surface area contributed by atoms with Gasteiger partial charge in [-0.25, -0.2) is 4.98 Å². The molecule has 7 nitrogen and oxygen atoms in total. The fourth-order valence-corrected chi connectivity index (χ4v) is 4.44. The number of imidazole rings is 1. The van der Waals surface area contributed by atoms with Gasteiger partial charge in [-0.15, -0.1) is 0 Å². The summed E-state index contributed by atoms with van der Waals surface area (Å²) in [5.41, 5.74) is 4.98. The molecule has 2 aliphatic heterocycles. The lowest BCUT2D eigenvalue weighted by Gasteiger charge is -2.31. The Bertz CT molecular complexity index is 1030. The maximum Gasteiger partial charge on any atom is 0.274 e. The number of rotatable bonds is 2. The highest BCUT2D eigenvalue weighted by molar-refractivity contribution is 5.92. The first-order valence-corrected chi connectivity index (χ1v) is 10.1. The van der Waals surface area contributed by atoms with E-state index in [1.165, 1.54) is 5.56 Å². The Morgan fingerprint density at radius 3 is 3.00 bits per heavy atom. The SMILES string of the molecule is Cc1cccc2[nH]c(C3CCCN(C(=O)c4cc5n(n4)CCN(C)C5)C3)nc12. The number of piperidine rings is 1. The number of aryl methyl sites for hydroxylation is 1. The fraction of sp³-hybridized carbons (Fsp3) is 0.476. The van der Waals surface area contributed by atoms with Gasteiger partial charge in [-0.2, -0.15) is 5.10 Å². The van der Waals surface area contributed by atoms with E-state index in [0.717, 1.165) is 61.6 Å². The number of likely N-dealkylation sites (N-methyl/N-ethyl adjacent to an activating group) is 1. The molecule has 3 aromatic rings. The predicted molar refractivity (Wildman–Crippen MR) is 107 cm³/mol. The van der Waals surface area contributed by atoms with Crippen LogP contribution in [0.4, 0.5) is 0 Å². The summed E-state index contributed by atoms with van der Waals surface area (Å²) in [6.45, 7) is 6.24. The van der Waals surface area contributed by atoms with Gasteiger partial charge in [0.2, 0.25) is 0 Å². The van der Waals surface area contributed by atoms with Crippen LogP contribution >= 0.6 is 0 Å². The highest BCUT2D eigenvalue weighted by Crippen LogP contribution is 2.28. The first-order chi connectivity index (χ1) is 13.6. The molecule has 146 valence electrons. The number of nitrogens with zero attached hydrogens (tertiary/aromatic N) is 5. The largest absolute Gasteiger partial charge is 0.342 e. The number of hydrogen-bond acceptors (Lipinski definition) is 4. The quantitative estimate of drug-likeness (QED) is 0.744. The molecule has 2 aliphatic rings. The molecule has 1 unspecified atom stereocenters. The van der Waals surface area contributed by atoms with Crippen LogP contribution in [-0.2, 0) is 13.1 Å². The number of amides is 1. The fourth-order valence-electron chi connectivity index (χ4n) is 4.44. The first-order valence-electron chi connectivity index (χ1n) is 10.1. The van der Waals surface area contributed by atoms with E-state index in [2.05, 4.69) is 41.1 Å². The Balaban J connectivity index is 1.36. The summed E-state index contributed by atoms with van der Waals surface area (Å²) in [6.07, 6.45) is 2.04. The molecule has 1 N–H and O–H groups in total. The number of carbonyl (C=O) groups is 1. The van der Waals surface area contributed by atoms with Crippen LogP contribution in [0.1, 0.15) is 46.3 Å². The summed E-state index contributed by atoms with van der Waals surface area (Å²) in [5, 5.41) is 4.58. The monoisotopic (exact) mass is 378 g/mol. The van der Waals surface area contributed by atoms with Gasteiger partial charge in [-0.05, 0) is 44.5 Å². The maximum atomic E-state index is 13.1. The van der Waals surface area contributed by atoms with Crippen molar-refractivity contribution in [3.8, 4) is 0 Å². The summed E-state index contributed by atoms with van der Waals surface area (Å²) in [5.74, 6) is 1.28. The van der Waals surface area contributed by atoms with Crippen molar-refractivity contribution >= 4 is 16.9 Å². The average molecular weight is 378 g/mol. The molecule has 0 spiro atoms. The van der Waals surface area contributed by atoms with Gasteiger partial charge >= 0.3 is 0 Å². The Morgan fingerprint density at radius 2 is 2.14 bits per heavy atom. The molecule has 7 heteroatoms. The number of H-pyrrole nitrogens is 1. The van der Waals surface area contributed by atoms with E-state index in [0.29, 0.717) is 12.2 Å². The molecule has 0 bridgehead atoms. The molecule has 2 aromatic heterocycles. The lowest BCUT2D eigenvalue weighted by molar-refractivity contribution is 0.0698. The molecule has 4 heterocycles. The van der Waals surface area contributed by atoms with Gasteiger partial charge in [-0.1, -0.05) is 12.1 Å². The van der Waals surface area contributed by atoms with Crippen molar-refractivity contribution in [2.75, 3.05) is 26.7 Å². The lowest BCUT2D eigenvalue weighted by atomic mass is 9.97. The second-order valence-electron chi connectivity index (χ2n) is 8.17. The topological polar surface area (TPSA) is 70.1 Å². The zero-order chi connectivity index (χ0) is 19.3. The normalized spacial score (nSPS) is 20.5. The van der Waals surface area contributed by atoms with Crippen LogP contribution in [0, 0.1) is 6.92 Å². The zero-order valence-corrected chi connectivity index (χ0v) is 16.5. The van der Waals surface area contributed by atoms with Crippen molar-refractivity contribution in [3.05, 3.63) is 47.0 Å². The van der Waals surface area contributed by atoms with Gasteiger partial charge in [0.05, 0.1) is 23.3 Å². The third kappa shape index (κ3) is 2.99. The van der Waals surface area contributed by atoms with Gasteiger partial charge in [0.25, 0.3) is 5.91 Å². The zero-order valence-electron chi connectivity index (χ0n) is 16.5. The van der Waals surface area contributed by atoms with Gasteiger partial charge in [0, 0.05) is 32.1 Å². The number of nitrogens with one attached hydrogen (secondary N) is 1. The molecular weight excluding hydrogens is 352 g/mol. The molecule has 5 rings (SSSR count). The third-order valence-corrected chi connectivity index (χ3v) is 6.04. The summed E-state index contributed by atoms with van der Waals surface area (Å²) in [4.78, 5) is 25.6. The number of carbonyl (C=O) groups excluding carboxylic acids is 1. The molecule has 28 heavy (non-hydrogen) atoms. The Morgan fingerprint density at radius 1 is 1.25 bits per heavy atom. The van der Waals surface area contributed by atoms with Crippen molar-refractivity contribution < 1.29 is 4.79 Å². The van der Waals surface area contributed by atoms with E-state index in [1.807, 2.05) is 21.7 Å². The van der Waals surface area contributed by atoms with Crippen LogP contribution in [0.25, 0.3) is 11.0 Å². The van der Waals surface area contributed by atoms with E-state index < -0.39 is 0 Å². The summed E-state index contributed by atoms with van der Waals surface area (Å²) >= 11 is 0. The second-order valence-corrected chi connectivity index (χ2v) is 8.17. The third-order valence-electron chi connectivity index (χ3n) is 6.04. The van der Waals surface area contributed by atoms with Crippen molar-refractivity contribution in [2.45, 2.75) is 38.8 Å². The summed E-state index contributed by atoms with van der Waals surface area (Å²) in [7, 11) is 2.10. The van der Waals surface area contributed by atoms with E-state index in [9.17, 15) is 4.79 Å². The van der Waals surface area contributed by atoms with Crippen LogP contribution in [0.2, 0.25) is 0 Å². The minimum absolute atomic E-state index is 0.0431. The Kier molecular flexibility index (Phi) is 4.19. The number of benzene rings is 1. The van der Waals surface area contributed by atoms with E-state index >= 15 is 0 Å². The van der Waals surface area contributed by atoms with Crippen LogP contribution in [0.15, 0.2) is 24.3 Å². The highest BCUT2D eigenvalue weighted by atomic mass is 16.2. The summed E-state index contributed by atoms with van der Waals surface area (Å²) in [6, 6.07) is 8.17. The molecule has 1 amide bonds. The summed E-state index contributed by atoms with van der Waals surface area (Å²) < 4.78 is 1.98. The number of hydrogen-bond donors (Lipinski definition) is 1. The minimum Gasteiger partial charge on any atom is -0.342 e. The molecule has 1 aromatic carbocycles. The molecule has 1 fully saturated rings. The van der Waals surface area contributed by atoms with Crippen molar-refractivity contribution in [1.82, 2.24) is 29.5 Å². The Hall–Kier alpha value is -2.67. The predicted octanol–water partition coefficient (Wildman–Crippen LogP) is 2.53. The smallest absolute Gasteiger partial charge is 0.274 e. The van der Waals surface area contributed by atoms with Crippen molar-refractivity contribution in [2.24, 2.45) is 0 Å².